The lowest BCUT2D eigenvalue weighted by Gasteiger charge is -2.34. The first-order valence-corrected chi connectivity index (χ1v) is 9.80. The average Bonchev–Trinajstić information content (AvgIpc) is 3.02. The van der Waals surface area contributed by atoms with Crippen LogP contribution < -0.4 is 5.32 Å². The van der Waals surface area contributed by atoms with Crippen molar-refractivity contribution in [1.29, 1.82) is 0 Å². The molecular weight excluding hydrogens is 388 g/mol. The van der Waals surface area contributed by atoms with E-state index in [-0.39, 0.29) is 12.4 Å². The lowest BCUT2D eigenvalue weighted by Crippen LogP contribution is -2.43. The fraction of sp³-hybridized carbons (Fsp3) is 0.600. The zero-order valence-electron chi connectivity index (χ0n) is 12.4. The van der Waals surface area contributed by atoms with Gasteiger partial charge in [0.1, 0.15) is 0 Å². The van der Waals surface area contributed by atoms with E-state index in [2.05, 4.69) is 21.2 Å². The van der Waals surface area contributed by atoms with E-state index >= 15 is 0 Å². The molecule has 1 N–H and O–H groups in total. The molecule has 0 radical (unpaired) electrons. The number of benzene rings is 1. The molecular formula is C15H22BrClN2O2S. The summed E-state index contributed by atoms with van der Waals surface area (Å²) in [7, 11) is -3.35. The van der Waals surface area contributed by atoms with E-state index in [1.165, 1.54) is 12.8 Å². The van der Waals surface area contributed by atoms with Crippen LogP contribution in [0.15, 0.2) is 33.6 Å². The maximum atomic E-state index is 12.7. The van der Waals surface area contributed by atoms with Gasteiger partial charge in [0.2, 0.25) is 10.0 Å². The van der Waals surface area contributed by atoms with Gasteiger partial charge in [-0.25, -0.2) is 8.42 Å². The molecule has 7 heteroatoms. The van der Waals surface area contributed by atoms with Crippen LogP contribution in [0.1, 0.15) is 25.7 Å². The van der Waals surface area contributed by atoms with Crippen LogP contribution in [0, 0.1) is 5.92 Å². The molecule has 0 spiro atoms. The van der Waals surface area contributed by atoms with Gasteiger partial charge in [-0.15, -0.1) is 12.4 Å². The zero-order valence-corrected chi connectivity index (χ0v) is 15.6. The van der Waals surface area contributed by atoms with Crippen molar-refractivity contribution in [2.75, 3.05) is 19.6 Å². The predicted molar refractivity (Wildman–Crippen MR) is 93.9 cm³/mol. The molecule has 22 heavy (non-hydrogen) atoms. The van der Waals surface area contributed by atoms with Crippen molar-refractivity contribution in [3.05, 3.63) is 28.7 Å². The standard InChI is InChI=1S/C15H21BrN2O2S.ClH/c16-13-3-1-4-14(11-13)21(19,20)18-9-6-12(7-10-18)15-5-2-8-17-15;/h1,3-4,11-12,15,17H,2,5-10H2;1H. The third kappa shape index (κ3) is 3.85. The van der Waals surface area contributed by atoms with Crippen LogP contribution in [0.3, 0.4) is 0 Å². The summed E-state index contributed by atoms with van der Waals surface area (Å²) in [4.78, 5) is 0.384. The molecule has 0 amide bonds. The minimum atomic E-state index is -3.35. The Morgan fingerprint density at radius 1 is 1.18 bits per heavy atom. The maximum absolute atomic E-state index is 12.7. The number of hydrogen-bond donors (Lipinski definition) is 1. The number of piperidine rings is 1. The van der Waals surface area contributed by atoms with Crippen molar-refractivity contribution < 1.29 is 8.42 Å². The Kier molecular flexibility index (Phi) is 6.30. The average molecular weight is 410 g/mol. The topological polar surface area (TPSA) is 49.4 Å². The molecule has 2 heterocycles. The summed E-state index contributed by atoms with van der Waals surface area (Å²) in [5.41, 5.74) is 0. The SMILES string of the molecule is Cl.O=S(=O)(c1cccc(Br)c1)N1CCC(C2CCCN2)CC1. The Morgan fingerprint density at radius 2 is 1.91 bits per heavy atom. The second-order valence-electron chi connectivity index (χ2n) is 5.90. The van der Waals surface area contributed by atoms with Crippen LogP contribution in [-0.2, 0) is 10.0 Å². The van der Waals surface area contributed by atoms with Gasteiger partial charge in [-0.3, -0.25) is 0 Å². The molecule has 0 aromatic heterocycles. The maximum Gasteiger partial charge on any atom is 0.243 e. The second-order valence-corrected chi connectivity index (χ2v) is 8.76. The van der Waals surface area contributed by atoms with Crippen molar-refractivity contribution in [2.45, 2.75) is 36.6 Å². The summed E-state index contributed by atoms with van der Waals surface area (Å²) in [6.45, 7) is 2.39. The molecule has 0 saturated carbocycles. The lowest BCUT2D eigenvalue weighted by molar-refractivity contribution is 0.234. The Hall–Kier alpha value is -0.140. The molecule has 1 aromatic carbocycles. The van der Waals surface area contributed by atoms with Crippen LogP contribution in [0.2, 0.25) is 0 Å². The fourth-order valence-electron chi connectivity index (χ4n) is 3.41. The number of hydrogen-bond acceptors (Lipinski definition) is 3. The molecule has 2 aliphatic rings. The summed E-state index contributed by atoms with van der Waals surface area (Å²) >= 11 is 3.34. The predicted octanol–water partition coefficient (Wildman–Crippen LogP) is 3.02. The molecule has 1 atom stereocenters. The third-order valence-electron chi connectivity index (χ3n) is 4.60. The van der Waals surface area contributed by atoms with Crippen molar-refractivity contribution in [2.24, 2.45) is 5.92 Å². The molecule has 1 aromatic rings. The summed E-state index contributed by atoms with van der Waals surface area (Å²) in [6, 6.07) is 7.56. The molecule has 0 bridgehead atoms. The zero-order chi connectivity index (χ0) is 14.9. The van der Waals surface area contributed by atoms with E-state index in [0.717, 1.165) is 23.9 Å². The first-order valence-electron chi connectivity index (χ1n) is 7.56. The smallest absolute Gasteiger partial charge is 0.243 e. The van der Waals surface area contributed by atoms with Crippen molar-refractivity contribution in [1.82, 2.24) is 9.62 Å². The number of sulfonamides is 1. The molecule has 124 valence electrons. The largest absolute Gasteiger partial charge is 0.314 e. The fourth-order valence-corrected chi connectivity index (χ4v) is 5.48. The quantitative estimate of drug-likeness (QED) is 0.835. The Bertz CT molecular complexity index is 597. The first kappa shape index (κ1) is 18.2. The molecule has 1 unspecified atom stereocenters. The van der Waals surface area contributed by atoms with Gasteiger partial charge in [0.25, 0.3) is 0 Å². The monoisotopic (exact) mass is 408 g/mol. The van der Waals surface area contributed by atoms with Gasteiger partial charge < -0.3 is 5.32 Å². The summed E-state index contributed by atoms with van der Waals surface area (Å²) in [5, 5.41) is 3.54. The Balaban J connectivity index is 0.00000176. The highest BCUT2D eigenvalue weighted by molar-refractivity contribution is 9.10. The summed E-state index contributed by atoms with van der Waals surface area (Å²) in [6.07, 6.45) is 4.42. The highest BCUT2D eigenvalue weighted by atomic mass is 79.9. The van der Waals surface area contributed by atoms with Crippen LogP contribution in [0.25, 0.3) is 0 Å². The number of halogens is 2. The van der Waals surface area contributed by atoms with E-state index < -0.39 is 10.0 Å². The number of rotatable bonds is 3. The third-order valence-corrected chi connectivity index (χ3v) is 6.99. The normalized spacial score (nSPS) is 24.1. The van der Waals surface area contributed by atoms with Gasteiger partial charge in [0.05, 0.1) is 4.90 Å². The van der Waals surface area contributed by atoms with E-state index in [1.54, 1.807) is 22.5 Å². The molecule has 4 nitrogen and oxygen atoms in total. The highest BCUT2D eigenvalue weighted by Crippen LogP contribution is 2.29. The Morgan fingerprint density at radius 3 is 2.50 bits per heavy atom. The van der Waals surface area contributed by atoms with Gasteiger partial charge in [0.15, 0.2) is 0 Å². The van der Waals surface area contributed by atoms with Crippen LogP contribution in [-0.4, -0.2) is 38.4 Å². The van der Waals surface area contributed by atoms with Crippen LogP contribution >= 0.6 is 28.3 Å². The molecule has 3 rings (SSSR count). The number of nitrogens with one attached hydrogen (secondary N) is 1. The van der Waals surface area contributed by atoms with Gasteiger partial charge in [-0.05, 0) is 56.3 Å². The Labute approximate surface area is 147 Å². The van der Waals surface area contributed by atoms with Gasteiger partial charge in [-0.1, -0.05) is 22.0 Å². The molecule has 2 aliphatic heterocycles. The minimum Gasteiger partial charge on any atom is -0.314 e. The van der Waals surface area contributed by atoms with Crippen LogP contribution in [0.5, 0.6) is 0 Å². The first-order chi connectivity index (χ1) is 10.1. The van der Waals surface area contributed by atoms with E-state index in [9.17, 15) is 8.42 Å². The summed E-state index contributed by atoms with van der Waals surface area (Å²) in [5.74, 6) is 0.626. The summed E-state index contributed by atoms with van der Waals surface area (Å²) < 4.78 is 27.8. The van der Waals surface area contributed by atoms with Crippen molar-refractivity contribution >= 4 is 38.4 Å². The molecule has 2 saturated heterocycles. The van der Waals surface area contributed by atoms with Gasteiger partial charge >= 0.3 is 0 Å². The highest BCUT2D eigenvalue weighted by Gasteiger charge is 2.33. The second kappa shape index (κ2) is 7.62. The van der Waals surface area contributed by atoms with Crippen LogP contribution in [0.4, 0.5) is 0 Å². The van der Waals surface area contributed by atoms with Crippen molar-refractivity contribution in [3.8, 4) is 0 Å². The minimum absolute atomic E-state index is 0. The number of nitrogens with zero attached hydrogens (tertiary/aromatic N) is 1. The van der Waals surface area contributed by atoms with Gasteiger partial charge in [-0.2, -0.15) is 4.31 Å². The van der Waals surface area contributed by atoms with E-state index in [0.29, 0.717) is 29.9 Å². The molecule has 2 fully saturated rings. The van der Waals surface area contributed by atoms with Crippen molar-refractivity contribution in [3.63, 3.8) is 0 Å². The lowest BCUT2D eigenvalue weighted by atomic mass is 9.89. The van der Waals surface area contributed by atoms with E-state index in [4.69, 9.17) is 0 Å². The van der Waals surface area contributed by atoms with E-state index in [1.807, 2.05) is 6.07 Å². The van der Waals surface area contributed by atoms with Gasteiger partial charge in [0, 0.05) is 23.6 Å². The molecule has 0 aliphatic carbocycles.